The van der Waals surface area contributed by atoms with Gasteiger partial charge in [0.15, 0.2) is 17.4 Å². The van der Waals surface area contributed by atoms with Gasteiger partial charge in [-0.3, -0.25) is 0 Å². The van der Waals surface area contributed by atoms with Gasteiger partial charge in [0.25, 0.3) is 0 Å². The van der Waals surface area contributed by atoms with Crippen molar-refractivity contribution in [2.75, 3.05) is 14.2 Å². The molecule has 0 radical (unpaired) electrons. The minimum absolute atomic E-state index is 0.206. The van der Waals surface area contributed by atoms with Gasteiger partial charge in [-0.25, -0.2) is 8.78 Å². The molecule has 0 aliphatic rings. The number of hydrogen-bond acceptors (Lipinski definition) is 2. The summed E-state index contributed by atoms with van der Waals surface area (Å²) in [5.41, 5.74) is 0.242. The van der Waals surface area contributed by atoms with E-state index in [0.717, 1.165) is 6.07 Å². The Labute approximate surface area is 79.7 Å². The molecule has 1 N–H and O–H groups in total. The lowest BCUT2D eigenvalue weighted by atomic mass is 10.1. The quantitative estimate of drug-likeness (QED) is 0.760. The van der Waals surface area contributed by atoms with Crippen LogP contribution in [0.4, 0.5) is 13.2 Å². The van der Waals surface area contributed by atoms with Gasteiger partial charge < -0.3 is 10.1 Å². The van der Waals surface area contributed by atoms with Gasteiger partial charge in [-0.15, -0.1) is 0 Å². The number of rotatable bonds is 3. The van der Waals surface area contributed by atoms with Crippen molar-refractivity contribution in [2.24, 2.45) is 0 Å². The van der Waals surface area contributed by atoms with E-state index < -0.39 is 17.5 Å². The molecule has 0 aliphatic carbocycles. The summed E-state index contributed by atoms with van der Waals surface area (Å²) in [6.45, 7) is 0.206. The summed E-state index contributed by atoms with van der Waals surface area (Å²) in [5, 5.41) is 2.70. The number of ether oxygens (including phenoxy) is 1. The van der Waals surface area contributed by atoms with E-state index in [1.807, 2.05) is 0 Å². The number of benzene rings is 1. The molecule has 1 aromatic carbocycles. The van der Waals surface area contributed by atoms with Crippen molar-refractivity contribution in [2.45, 2.75) is 6.54 Å². The highest BCUT2D eigenvalue weighted by Crippen LogP contribution is 2.26. The van der Waals surface area contributed by atoms with Gasteiger partial charge in [-0.05, 0) is 13.1 Å². The zero-order valence-corrected chi connectivity index (χ0v) is 7.83. The van der Waals surface area contributed by atoms with Crippen LogP contribution >= 0.6 is 0 Å². The first-order chi connectivity index (χ1) is 6.61. The van der Waals surface area contributed by atoms with Crippen molar-refractivity contribution >= 4 is 0 Å². The van der Waals surface area contributed by atoms with E-state index in [-0.39, 0.29) is 17.9 Å². The molecule has 0 fully saturated rings. The van der Waals surface area contributed by atoms with Gasteiger partial charge in [-0.2, -0.15) is 4.39 Å². The Kier molecular flexibility index (Phi) is 3.35. The van der Waals surface area contributed by atoms with Gasteiger partial charge in [0.1, 0.15) is 0 Å². The average molecular weight is 205 g/mol. The molecule has 0 saturated carbocycles. The summed E-state index contributed by atoms with van der Waals surface area (Å²) >= 11 is 0. The third-order valence-electron chi connectivity index (χ3n) is 1.77. The summed E-state index contributed by atoms with van der Waals surface area (Å²) in [7, 11) is 2.81. The zero-order chi connectivity index (χ0) is 10.7. The largest absolute Gasteiger partial charge is 0.493 e. The summed E-state index contributed by atoms with van der Waals surface area (Å²) in [4.78, 5) is 0. The highest BCUT2D eigenvalue weighted by Gasteiger charge is 2.18. The second-order valence-electron chi connectivity index (χ2n) is 2.71. The van der Waals surface area contributed by atoms with Crippen molar-refractivity contribution in [1.82, 2.24) is 5.32 Å². The van der Waals surface area contributed by atoms with Gasteiger partial charge in [0.05, 0.1) is 7.11 Å². The van der Waals surface area contributed by atoms with E-state index in [2.05, 4.69) is 10.1 Å². The fourth-order valence-corrected chi connectivity index (χ4v) is 1.17. The van der Waals surface area contributed by atoms with Crippen molar-refractivity contribution in [1.29, 1.82) is 0 Å². The maximum atomic E-state index is 13.1. The molecule has 0 amide bonds. The molecule has 1 rings (SSSR count). The molecular weight excluding hydrogens is 195 g/mol. The lowest BCUT2D eigenvalue weighted by Crippen LogP contribution is -2.09. The van der Waals surface area contributed by atoms with Crippen molar-refractivity contribution in [3.8, 4) is 5.75 Å². The molecule has 0 aliphatic heterocycles. The first-order valence-corrected chi connectivity index (χ1v) is 3.96. The van der Waals surface area contributed by atoms with E-state index in [0.29, 0.717) is 0 Å². The molecule has 0 spiro atoms. The maximum absolute atomic E-state index is 13.1. The van der Waals surface area contributed by atoms with E-state index in [1.54, 1.807) is 7.05 Å². The van der Waals surface area contributed by atoms with Crippen molar-refractivity contribution in [3.05, 3.63) is 29.1 Å². The molecule has 0 atom stereocenters. The third-order valence-corrected chi connectivity index (χ3v) is 1.77. The van der Waals surface area contributed by atoms with E-state index in [9.17, 15) is 13.2 Å². The van der Waals surface area contributed by atoms with Gasteiger partial charge in [0, 0.05) is 12.1 Å². The Hall–Kier alpha value is -1.23. The lowest BCUT2D eigenvalue weighted by molar-refractivity contribution is 0.354. The van der Waals surface area contributed by atoms with Crippen LogP contribution in [0.5, 0.6) is 5.75 Å². The second-order valence-corrected chi connectivity index (χ2v) is 2.71. The Morgan fingerprint density at radius 1 is 1.29 bits per heavy atom. The van der Waals surface area contributed by atoms with E-state index >= 15 is 0 Å². The van der Waals surface area contributed by atoms with Crippen LogP contribution in [0.15, 0.2) is 6.07 Å². The minimum Gasteiger partial charge on any atom is -0.493 e. The minimum atomic E-state index is -1.51. The smallest absolute Gasteiger partial charge is 0.203 e. The number of hydrogen-bond donors (Lipinski definition) is 1. The Bertz CT molecular complexity index is 341. The SMILES string of the molecule is CNCc1cc(F)c(F)c(F)c1OC. The standard InChI is InChI=1S/C9H10F3NO/c1-13-4-5-3-6(10)7(11)8(12)9(5)14-2/h3,13H,4H2,1-2H3. The highest BCUT2D eigenvalue weighted by molar-refractivity contribution is 5.36. The molecule has 2 nitrogen and oxygen atoms in total. The Balaban J connectivity index is 3.28. The molecular formula is C9H10F3NO. The monoisotopic (exact) mass is 205 g/mol. The summed E-state index contributed by atoms with van der Waals surface area (Å²) in [5.74, 6) is -4.29. The van der Waals surface area contributed by atoms with Crippen LogP contribution < -0.4 is 10.1 Å². The lowest BCUT2D eigenvalue weighted by Gasteiger charge is -2.09. The zero-order valence-electron chi connectivity index (χ0n) is 7.83. The maximum Gasteiger partial charge on any atom is 0.203 e. The predicted molar refractivity (Wildman–Crippen MR) is 45.6 cm³/mol. The first kappa shape index (κ1) is 10.8. The number of halogens is 3. The average Bonchev–Trinajstić information content (AvgIpc) is 2.16. The molecule has 14 heavy (non-hydrogen) atoms. The fraction of sp³-hybridized carbons (Fsp3) is 0.333. The molecule has 0 bridgehead atoms. The molecule has 0 aromatic heterocycles. The normalized spacial score (nSPS) is 10.4. The van der Waals surface area contributed by atoms with Crippen LogP contribution in [0.25, 0.3) is 0 Å². The molecule has 0 heterocycles. The number of methoxy groups -OCH3 is 1. The van der Waals surface area contributed by atoms with Crippen molar-refractivity contribution < 1.29 is 17.9 Å². The van der Waals surface area contributed by atoms with Crippen LogP contribution in [0.1, 0.15) is 5.56 Å². The topological polar surface area (TPSA) is 21.3 Å². The molecule has 78 valence electrons. The first-order valence-electron chi connectivity index (χ1n) is 3.96. The summed E-state index contributed by atoms with van der Waals surface area (Å²) in [6.07, 6.45) is 0. The molecule has 5 heteroatoms. The van der Waals surface area contributed by atoms with Crippen LogP contribution in [-0.2, 0) is 6.54 Å². The highest BCUT2D eigenvalue weighted by atomic mass is 19.2. The Morgan fingerprint density at radius 2 is 1.93 bits per heavy atom. The summed E-state index contributed by atoms with van der Waals surface area (Å²) < 4.78 is 43.3. The molecule has 0 saturated heterocycles. The van der Waals surface area contributed by atoms with E-state index in [1.165, 1.54) is 7.11 Å². The van der Waals surface area contributed by atoms with Gasteiger partial charge in [0.2, 0.25) is 5.82 Å². The van der Waals surface area contributed by atoms with Crippen LogP contribution in [0.2, 0.25) is 0 Å². The second kappa shape index (κ2) is 4.32. The fourth-order valence-electron chi connectivity index (χ4n) is 1.17. The molecule has 1 aromatic rings. The van der Waals surface area contributed by atoms with Gasteiger partial charge in [-0.1, -0.05) is 0 Å². The Morgan fingerprint density at radius 3 is 2.43 bits per heavy atom. The van der Waals surface area contributed by atoms with Crippen LogP contribution in [-0.4, -0.2) is 14.2 Å². The number of nitrogens with one attached hydrogen (secondary N) is 1. The van der Waals surface area contributed by atoms with Crippen LogP contribution in [0, 0.1) is 17.5 Å². The van der Waals surface area contributed by atoms with E-state index in [4.69, 9.17) is 0 Å². The summed E-state index contributed by atoms with van der Waals surface area (Å²) in [6, 6.07) is 0.910. The predicted octanol–water partition coefficient (Wildman–Crippen LogP) is 1.83. The van der Waals surface area contributed by atoms with Crippen molar-refractivity contribution in [3.63, 3.8) is 0 Å². The van der Waals surface area contributed by atoms with Gasteiger partial charge >= 0.3 is 0 Å². The molecule has 0 unspecified atom stereocenters. The third kappa shape index (κ3) is 1.82. The van der Waals surface area contributed by atoms with Crippen LogP contribution in [0.3, 0.4) is 0 Å².